The molecule has 1 heterocycles. The van der Waals surface area contributed by atoms with E-state index in [0.29, 0.717) is 37.0 Å². The van der Waals surface area contributed by atoms with E-state index in [4.69, 9.17) is 4.74 Å². The SMILES string of the molecule is CCCCCCCC(=O)CCCCCCC=C[C@H](C(=O)N[C@@H](Cc1ccc(-c2cncc(OC)c2)cc1)C(=O)O)[C@@](O)(CC(=O)O)C(=O)O. The van der Waals surface area contributed by atoms with Crippen molar-refractivity contribution < 1.29 is 49.1 Å². The highest BCUT2D eigenvalue weighted by Crippen LogP contribution is 2.26. The Labute approximate surface area is 287 Å². The van der Waals surface area contributed by atoms with Crippen molar-refractivity contribution in [2.24, 2.45) is 5.92 Å². The smallest absolute Gasteiger partial charge is 0.337 e. The number of nitrogens with one attached hydrogen (secondary N) is 1. The fourth-order valence-electron chi connectivity index (χ4n) is 5.45. The molecule has 3 atom stereocenters. The second-order valence-corrected chi connectivity index (χ2v) is 12.3. The van der Waals surface area contributed by atoms with Crippen molar-refractivity contribution in [3.05, 3.63) is 60.4 Å². The maximum absolute atomic E-state index is 13.4. The highest BCUT2D eigenvalue weighted by Gasteiger charge is 2.49. The van der Waals surface area contributed by atoms with Gasteiger partial charge in [-0.2, -0.15) is 0 Å². The molecule has 0 aliphatic rings. The van der Waals surface area contributed by atoms with Gasteiger partial charge in [-0.15, -0.1) is 0 Å². The number of benzene rings is 1. The van der Waals surface area contributed by atoms with Crippen LogP contribution in [0.2, 0.25) is 0 Å². The number of carboxylic acid groups (broad SMARTS) is 3. The molecule has 0 saturated carbocycles. The summed E-state index contributed by atoms with van der Waals surface area (Å²) in [5.41, 5.74) is -0.919. The first-order chi connectivity index (χ1) is 23.4. The van der Waals surface area contributed by atoms with Gasteiger partial charge in [-0.05, 0) is 42.9 Å². The van der Waals surface area contributed by atoms with Crippen molar-refractivity contribution in [3.8, 4) is 16.9 Å². The Hall–Kier alpha value is -4.58. The molecule has 12 heteroatoms. The lowest BCUT2D eigenvalue weighted by molar-refractivity contribution is -0.172. The number of aliphatic hydroxyl groups is 1. The Kier molecular flexibility index (Phi) is 17.7. The third kappa shape index (κ3) is 14.2. The van der Waals surface area contributed by atoms with Crippen LogP contribution >= 0.6 is 0 Å². The molecular weight excluding hydrogens is 632 g/mol. The monoisotopic (exact) mass is 682 g/mol. The van der Waals surface area contributed by atoms with Crippen molar-refractivity contribution in [1.29, 1.82) is 0 Å². The number of carbonyl (C=O) groups excluding carboxylic acids is 2. The van der Waals surface area contributed by atoms with Gasteiger partial charge in [-0.25, -0.2) is 9.59 Å². The van der Waals surface area contributed by atoms with E-state index >= 15 is 0 Å². The van der Waals surface area contributed by atoms with E-state index in [9.17, 15) is 44.4 Å². The molecule has 1 amide bonds. The summed E-state index contributed by atoms with van der Waals surface area (Å²) in [4.78, 5) is 65.3. The molecule has 268 valence electrons. The predicted molar refractivity (Wildman–Crippen MR) is 183 cm³/mol. The number of ether oxygens (including phenoxy) is 1. The van der Waals surface area contributed by atoms with E-state index in [-0.39, 0.29) is 12.2 Å². The van der Waals surface area contributed by atoms with Crippen molar-refractivity contribution in [2.75, 3.05) is 7.11 Å². The van der Waals surface area contributed by atoms with Gasteiger partial charge in [0, 0.05) is 31.0 Å². The zero-order valence-corrected chi connectivity index (χ0v) is 28.4. The molecule has 0 aliphatic heterocycles. The van der Waals surface area contributed by atoms with Crippen molar-refractivity contribution in [2.45, 2.75) is 108 Å². The summed E-state index contributed by atoms with van der Waals surface area (Å²) in [7, 11) is 1.52. The molecule has 0 spiro atoms. The summed E-state index contributed by atoms with van der Waals surface area (Å²) in [6.07, 6.45) is 14.4. The number of nitrogens with zero attached hydrogens (tertiary/aromatic N) is 1. The number of Topliss-reactive ketones (excluding diaryl/α,β-unsaturated/α-hetero) is 1. The molecule has 0 saturated heterocycles. The molecule has 0 aliphatic carbocycles. The van der Waals surface area contributed by atoms with Gasteiger partial charge in [0.15, 0.2) is 5.60 Å². The van der Waals surface area contributed by atoms with Crippen LogP contribution in [0.4, 0.5) is 0 Å². The van der Waals surface area contributed by atoms with Crippen LogP contribution in [-0.2, 0) is 30.4 Å². The fourth-order valence-corrected chi connectivity index (χ4v) is 5.45. The average molecular weight is 683 g/mol. The summed E-state index contributed by atoms with van der Waals surface area (Å²) in [6, 6.07) is 7.14. The molecule has 0 unspecified atom stereocenters. The van der Waals surface area contributed by atoms with Crippen LogP contribution in [0.1, 0.15) is 96.0 Å². The lowest BCUT2D eigenvalue weighted by Gasteiger charge is -2.29. The molecule has 1 aromatic heterocycles. The van der Waals surface area contributed by atoms with Crippen molar-refractivity contribution in [3.63, 3.8) is 0 Å². The lowest BCUT2D eigenvalue weighted by Crippen LogP contribution is -2.55. The largest absolute Gasteiger partial charge is 0.495 e. The zero-order valence-electron chi connectivity index (χ0n) is 28.4. The summed E-state index contributed by atoms with van der Waals surface area (Å²) in [5.74, 6) is -7.17. The molecule has 5 N–H and O–H groups in total. The lowest BCUT2D eigenvalue weighted by atomic mass is 9.82. The van der Waals surface area contributed by atoms with Gasteiger partial charge in [0.2, 0.25) is 5.91 Å². The van der Waals surface area contributed by atoms with Crippen LogP contribution in [0.25, 0.3) is 11.1 Å². The maximum atomic E-state index is 13.4. The summed E-state index contributed by atoms with van der Waals surface area (Å²) < 4.78 is 5.20. The number of amides is 1. The average Bonchev–Trinajstić information content (AvgIpc) is 3.06. The van der Waals surface area contributed by atoms with E-state index < -0.39 is 47.8 Å². The van der Waals surface area contributed by atoms with Crippen LogP contribution in [0.15, 0.2) is 54.9 Å². The number of unbranched alkanes of at least 4 members (excludes halogenated alkanes) is 8. The molecule has 0 fully saturated rings. The number of methoxy groups -OCH3 is 1. The number of hydrogen-bond donors (Lipinski definition) is 5. The van der Waals surface area contributed by atoms with Crippen LogP contribution < -0.4 is 10.1 Å². The summed E-state index contributed by atoms with van der Waals surface area (Å²) in [6.45, 7) is 2.15. The maximum Gasteiger partial charge on any atom is 0.337 e. The minimum atomic E-state index is -3.03. The molecular formula is C37H50N2O10. The minimum Gasteiger partial charge on any atom is -0.495 e. The van der Waals surface area contributed by atoms with Crippen molar-refractivity contribution >= 4 is 29.6 Å². The van der Waals surface area contributed by atoms with Crippen LogP contribution in [0, 0.1) is 5.92 Å². The molecule has 0 radical (unpaired) electrons. The Morgan fingerprint density at radius 1 is 0.878 bits per heavy atom. The Balaban J connectivity index is 2.04. The third-order valence-electron chi connectivity index (χ3n) is 8.34. The van der Waals surface area contributed by atoms with Crippen LogP contribution in [0.5, 0.6) is 5.75 Å². The fraction of sp³-hybridized carbons (Fsp3) is 0.514. The normalized spacial score (nSPS) is 13.7. The first kappa shape index (κ1) is 40.6. The van der Waals surface area contributed by atoms with Crippen molar-refractivity contribution in [1.82, 2.24) is 10.3 Å². The number of pyridine rings is 1. The molecule has 2 rings (SSSR count). The van der Waals surface area contributed by atoms with Crippen LogP contribution in [-0.4, -0.2) is 73.8 Å². The minimum absolute atomic E-state index is 0.167. The van der Waals surface area contributed by atoms with E-state index in [1.807, 2.05) is 0 Å². The summed E-state index contributed by atoms with van der Waals surface area (Å²) >= 11 is 0. The highest BCUT2D eigenvalue weighted by molar-refractivity contribution is 5.94. The van der Waals surface area contributed by atoms with E-state index in [1.165, 1.54) is 19.6 Å². The van der Waals surface area contributed by atoms with Gasteiger partial charge in [-0.3, -0.25) is 19.4 Å². The number of hydrogen-bond acceptors (Lipinski definition) is 8. The third-order valence-corrected chi connectivity index (χ3v) is 8.34. The molecule has 49 heavy (non-hydrogen) atoms. The number of ketones is 1. The number of allylic oxidation sites excluding steroid dienone is 1. The van der Waals surface area contributed by atoms with Gasteiger partial charge in [-0.1, -0.05) is 81.9 Å². The van der Waals surface area contributed by atoms with E-state index in [2.05, 4.69) is 17.2 Å². The Bertz CT molecular complexity index is 1410. The number of aliphatic carboxylic acids is 3. The highest BCUT2D eigenvalue weighted by atomic mass is 16.5. The second-order valence-electron chi connectivity index (χ2n) is 12.3. The standard InChI is InChI=1S/C37H50N2O10/c1-3-4-5-8-11-14-29(40)15-12-9-6-7-10-13-16-31(37(48,36(46)47)23-33(41)42)34(43)39-32(35(44)45)21-26-17-19-27(20-18-26)28-22-30(49-2)25-38-24-28/h13,16-20,22,24-25,31-32,48H,3-12,14-15,21,23H2,1-2H3,(H,39,43)(H,41,42)(H,44,45)(H,46,47)/t31-,32+,37+/m1/s1. The van der Waals surface area contributed by atoms with Gasteiger partial charge in [0.1, 0.15) is 17.6 Å². The van der Waals surface area contributed by atoms with Crippen LogP contribution in [0.3, 0.4) is 0 Å². The second kappa shape index (κ2) is 21.4. The molecule has 12 nitrogen and oxygen atoms in total. The van der Waals surface area contributed by atoms with Gasteiger partial charge in [0.05, 0.1) is 25.6 Å². The summed E-state index contributed by atoms with van der Waals surface area (Å²) in [5, 5.41) is 42.3. The van der Waals surface area contributed by atoms with E-state index in [0.717, 1.165) is 62.1 Å². The molecule has 1 aromatic carbocycles. The first-order valence-electron chi connectivity index (χ1n) is 16.9. The van der Waals surface area contributed by atoms with Gasteiger partial charge >= 0.3 is 17.9 Å². The quantitative estimate of drug-likeness (QED) is 0.0645. The Morgan fingerprint density at radius 3 is 2.08 bits per heavy atom. The van der Waals surface area contributed by atoms with Gasteiger partial charge < -0.3 is 30.5 Å². The molecule has 0 bridgehead atoms. The number of aromatic nitrogens is 1. The zero-order chi connectivity index (χ0) is 36.2. The molecule has 2 aromatic rings. The first-order valence-corrected chi connectivity index (χ1v) is 16.9. The van der Waals surface area contributed by atoms with E-state index in [1.54, 1.807) is 42.7 Å². The topological polar surface area (TPSA) is 200 Å². The predicted octanol–water partition coefficient (Wildman–Crippen LogP) is 5.60. The Morgan fingerprint density at radius 2 is 1.51 bits per heavy atom. The van der Waals surface area contributed by atoms with Gasteiger partial charge in [0.25, 0.3) is 0 Å². The number of rotatable bonds is 25. The number of carbonyl (C=O) groups is 5. The number of carboxylic acids is 3.